The predicted octanol–water partition coefficient (Wildman–Crippen LogP) is 1.31. The number of nitrogens with one attached hydrogen (secondary N) is 1. The summed E-state index contributed by atoms with van der Waals surface area (Å²) in [5.74, 6) is 0.326. The van der Waals surface area contributed by atoms with Crippen LogP contribution in [0.25, 0.3) is 0 Å². The van der Waals surface area contributed by atoms with Gasteiger partial charge >= 0.3 is 0 Å². The van der Waals surface area contributed by atoms with E-state index in [1.54, 1.807) is 0 Å². The summed E-state index contributed by atoms with van der Waals surface area (Å²) >= 11 is 0. The summed E-state index contributed by atoms with van der Waals surface area (Å²) in [5, 5.41) is 2.90. The second kappa shape index (κ2) is 5.23. The van der Waals surface area contributed by atoms with Crippen LogP contribution in [0.5, 0.6) is 0 Å². The van der Waals surface area contributed by atoms with Gasteiger partial charge < -0.3 is 12.2 Å². The van der Waals surface area contributed by atoms with Crippen LogP contribution in [0.4, 0.5) is 0 Å². The van der Waals surface area contributed by atoms with Crippen molar-refractivity contribution >= 4 is 0 Å². The smallest absolute Gasteiger partial charge is 0 e. The van der Waals surface area contributed by atoms with Crippen LogP contribution in [0.1, 0.15) is 0 Å². The molecule has 0 aromatic carbocycles. The van der Waals surface area contributed by atoms with E-state index < -0.39 is 0 Å². The van der Waals surface area contributed by atoms with Gasteiger partial charge in [0.15, 0.2) is 0 Å². The van der Waals surface area contributed by atoms with Gasteiger partial charge in [-0.3, -0.25) is 7.05 Å². The molecule has 0 spiro atoms. The summed E-state index contributed by atoms with van der Waals surface area (Å²) in [7, 11) is 3.58. The number of hydrogen-bond donors (Lipinski definition) is 1. The van der Waals surface area contributed by atoms with Gasteiger partial charge in [0.2, 0.25) is 0 Å². The molecule has 0 aromatic heterocycles. The maximum Gasteiger partial charge on any atom is 0 e. The minimum absolute atomic E-state index is 0. The molecule has 0 aliphatic heterocycles. The van der Waals surface area contributed by atoms with Crippen LogP contribution < -0.4 is 5.32 Å². The van der Waals surface area contributed by atoms with Gasteiger partial charge in [0, 0.05) is 32.7 Å². The van der Waals surface area contributed by atoms with E-state index in [9.17, 15) is 0 Å². The maximum atomic E-state index is 3.91. The summed E-state index contributed by atoms with van der Waals surface area (Å²) in [6, 6.07) is 0.315. The molecule has 0 aromatic rings. The Bertz CT molecular complexity index is 140. The van der Waals surface area contributed by atoms with Crippen molar-refractivity contribution in [2.24, 2.45) is 5.92 Å². The molecule has 0 heterocycles. The average molecular weight is 210 g/mol. The van der Waals surface area contributed by atoms with Gasteiger partial charge in [-0.15, -0.1) is 12.0 Å². The van der Waals surface area contributed by atoms with Crippen molar-refractivity contribution in [3.05, 3.63) is 38.3 Å². The summed E-state index contributed by atoms with van der Waals surface area (Å²) in [6.07, 6.45) is 8.13. The molecule has 1 rings (SSSR count). The van der Waals surface area contributed by atoms with E-state index in [1.807, 2.05) is 12.2 Å². The van der Waals surface area contributed by atoms with Gasteiger partial charge in [-0.05, 0) is 6.04 Å². The van der Waals surface area contributed by atoms with Crippen molar-refractivity contribution in [2.45, 2.75) is 6.04 Å². The molecule has 1 nitrogen and oxygen atoms in total. The molecular formula is C8H11NY-2. The largest absolute Gasteiger partial charge is 0.469 e. The summed E-state index contributed by atoms with van der Waals surface area (Å²) in [4.78, 5) is 0. The summed E-state index contributed by atoms with van der Waals surface area (Å²) in [5.41, 5.74) is 0. The van der Waals surface area contributed by atoms with E-state index in [0.29, 0.717) is 12.0 Å². The third-order valence-electron chi connectivity index (χ3n) is 1.48. The number of hydrogen-bond acceptors (Lipinski definition) is 1. The second-order valence-electron chi connectivity index (χ2n) is 2.16. The fourth-order valence-corrected chi connectivity index (χ4v) is 0.873. The Morgan fingerprint density at radius 1 is 1.20 bits per heavy atom. The molecule has 0 bridgehead atoms. The van der Waals surface area contributed by atoms with Crippen LogP contribution >= 0.6 is 0 Å². The Morgan fingerprint density at radius 2 is 1.80 bits per heavy atom. The molecule has 0 saturated heterocycles. The zero-order valence-electron chi connectivity index (χ0n) is 5.96. The SMILES string of the molecule is [CH2-]NC1C=CC=CC1[CH2-].[Y]. The van der Waals surface area contributed by atoms with E-state index in [-0.39, 0.29) is 32.7 Å². The van der Waals surface area contributed by atoms with E-state index in [2.05, 4.69) is 31.4 Å². The third-order valence-corrected chi connectivity index (χ3v) is 1.48. The number of allylic oxidation sites excluding steroid dienone is 2. The minimum atomic E-state index is 0. The maximum absolute atomic E-state index is 3.91. The van der Waals surface area contributed by atoms with Gasteiger partial charge in [0.25, 0.3) is 0 Å². The third kappa shape index (κ3) is 2.65. The molecule has 0 fully saturated rings. The molecule has 10 heavy (non-hydrogen) atoms. The zero-order valence-corrected chi connectivity index (χ0v) is 8.79. The summed E-state index contributed by atoms with van der Waals surface area (Å²) < 4.78 is 0. The van der Waals surface area contributed by atoms with Crippen LogP contribution in [0.3, 0.4) is 0 Å². The van der Waals surface area contributed by atoms with E-state index in [1.165, 1.54) is 0 Å². The Kier molecular flexibility index (Phi) is 5.51. The molecule has 0 amide bonds. The topological polar surface area (TPSA) is 12.0 Å². The van der Waals surface area contributed by atoms with E-state index >= 15 is 0 Å². The van der Waals surface area contributed by atoms with Gasteiger partial charge in [0.05, 0.1) is 0 Å². The molecule has 53 valence electrons. The standard InChI is InChI=1S/C8H11N.Y/c1-7-5-3-4-6-8(7)9-2;/h3-9H,1-2H2;/q-2;. The van der Waals surface area contributed by atoms with Gasteiger partial charge in [-0.2, -0.15) is 0 Å². The Labute approximate surface area is 87.8 Å². The van der Waals surface area contributed by atoms with Crippen molar-refractivity contribution in [1.82, 2.24) is 5.32 Å². The number of rotatable bonds is 1. The van der Waals surface area contributed by atoms with E-state index in [0.717, 1.165) is 0 Å². The molecular weight excluding hydrogens is 199 g/mol. The van der Waals surface area contributed by atoms with Crippen LogP contribution in [0.15, 0.2) is 24.3 Å². The molecule has 2 heteroatoms. The Hall–Kier alpha value is 0.544. The van der Waals surface area contributed by atoms with Crippen LogP contribution in [-0.2, 0) is 32.7 Å². The van der Waals surface area contributed by atoms with Gasteiger partial charge in [-0.1, -0.05) is 18.2 Å². The molecule has 1 N–H and O–H groups in total. The molecule has 2 atom stereocenters. The monoisotopic (exact) mass is 210 g/mol. The van der Waals surface area contributed by atoms with Crippen molar-refractivity contribution in [3.8, 4) is 0 Å². The predicted molar refractivity (Wildman–Crippen MR) is 39.4 cm³/mol. The Morgan fingerprint density at radius 3 is 2.20 bits per heavy atom. The summed E-state index contributed by atoms with van der Waals surface area (Å²) in [6.45, 7) is 3.91. The first-order valence-corrected chi connectivity index (χ1v) is 3.05. The molecule has 2 unspecified atom stereocenters. The average Bonchev–Trinajstić information content (AvgIpc) is 1.89. The second-order valence-corrected chi connectivity index (χ2v) is 2.16. The first-order chi connectivity index (χ1) is 4.34. The fourth-order valence-electron chi connectivity index (χ4n) is 0.873. The van der Waals surface area contributed by atoms with Crippen molar-refractivity contribution in [3.63, 3.8) is 0 Å². The zero-order chi connectivity index (χ0) is 6.69. The Balaban J connectivity index is 0.000000810. The quantitative estimate of drug-likeness (QED) is 0.643. The first kappa shape index (κ1) is 10.5. The van der Waals surface area contributed by atoms with E-state index in [4.69, 9.17) is 0 Å². The van der Waals surface area contributed by atoms with Crippen molar-refractivity contribution in [2.75, 3.05) is 0 Å². The minimum Gasteiger partial charge on any atom is -0.469 e. The van der Waals surface area contributed by atoms with Gasteiger partial charge in [0.1, 0.15) is 0 Å². The fraction of sp³-hybridized carbons (Fsp3) is 0.250. The molecule has 1 aliphatic rings. The van der Waals surface area contributed by atoms with Crippen LogP contribution in [0, 0.1) is 19.9 Å². The molecule has 1 radical (unpaired) electrons. The van der Waals surface area contributed by atoms with Crippen molar-refractivity contribution in [1.29, 1.82) is 0 Å². The first-order valence-electron chi connectivity index (χ1n) is 3.05. The molecule has 1 aliphatic carbocycles. The van der Waals surface area contributed by atoms with Crippen LogP contribution in [-0.4, -0.2) is 6.04 Å². The van der Waals surface area contributed by atoms with Crippen molar-refractivity contribution < 1.29 is 32.7 Å². The van der Waals surface area contributed by atoms with Crippen LogP contribution in [0.2, 0.25) is 0 Å². The normalized spacial score (nSPS) is 29.8. The molecule has 0 saturated carbocycles. The van der Waals surface area contributed by atoms with Gasteiger partial charge in [-0.25, -0.2) is 0 Å².